The Hall–Kier alpha value is -1.92. The van der Waals surface area contributed by atoms with E-state index in [1.165, 1.54) is 12.0 Å². The van der Waals surface area contributed by atoms with Crippen molar-refractivity contribution < 1.29 is 9.44 Å². The maximum atomic E-state index is 9.67. The lowest BCUT2D eigenvalue weighted by atomic mass is 9.81. The lowest BCUT2D eigenvalue weighted by Gasteiger charge is -2.30. The molecule has 2 heterocycles. The van der Waals surface area contributed by atoms with Gasteiger partial charge in [0, 0.05) is 5.57 Å². The van der Waals surface area contributed by atoms with Crippen molar-refractivity contribution in [3.63, 3.8) is 0 Å². The molecule has 1 saturated heterocycles. The zero-order valence-electron chi connectivity index (χ0n) is 12.1. The van der Waals surface area contributed by atoms with Gasteiger partial charge in [0.2, 0.25) is 12.3 Å². The van der Waals surface area contributed by atoms with E-state index in [-0.39, 0.29) is 0 Å². The van der Waals surface area contributed by atoms with Crippen LogP contribution in [-0.4, -0.2) is 40.2 Å². The first kappa shape index (κ1) is 14.0. The molecular formula is C15H18BN3O2. The largest absolute Gasteiger partial charge is 0.437 e. The topological polar surface area (TPSA) is 62.4 Å². The van der Waals surface area contributed by atoms with Gasteiger partial charge in [0.15, 0.2) is 0 Å². The molecule has 0 amide bonds. The summed E-state index contributed by atoms with van der Waals surface area (Å²) in [4.78, 5) is 2.07. The molecule has 0 atom stereocenters. The van der Waals surface area contributed by atoms with E-state index in [1.54, 1.807) is 0 Å². The first-order valence-electron chi connectivity index (χ1n) is 7.22. The lowest BCUT2D eigenvalue weighted by molar-refractivity contribution is 0.345. The van der Waals surface area contributed by atoms with Gasteiger partial charge in [0.1, 0.15) is 0 Å². The van der Waals surface area contributed by atoms with E-state index < -0.39 is 7.05 Å². The quantitative estimate of drug-likeness (QED) is 0.874. The number of benzene rings is 1. The fourth-order valence-electron chi connectivity index (χ4n) is 2.78. The Kier molecular flexibility index (Phi) is 4.17. The summed E-state index contributed by atoms with van der Waals surface area (Å²) in [7, 11) is -0.393. The Morgan fingerprint density at radius 2 is 1.95 bits per heavy atom. The summed E-state index contributed by atoms with van der Waals surface area (Å²) in [6.07, 6.45) is 3.17. The summed E-state index contributed by atoms with van der Waals surface area (Å²) >= 11 is 0. The number of hydrogen-bond donors (Lipinski definition) is 1. The van der Waals surface area contributed by atoms with E-state index in [4.69, 9.17) is 4.42 Å². The lowest BCUT2D eigenvalue weighted by Crippen LogP contribution is -2.41. The van der Waals surface area contributed by atoms with Gasteiger partial charge in [0.05, 0.1) is 0 Å². The van der Waals surface area contributed by atoms with Gasteiger partial charge in [-0.2, -0.15) is 0 Å². The minimum Gasteiger partial charge on any atom is -0.437 e. The second kappa shape index (κ2) is 6.24. The van der Waals surface area contributed by atoms with Crippen molar-refractivity contribution in [1.29, 1.82) is 0 Å². The Bertz CT molecular complexity index is 601. The highest BCUT2D eigenvalue weighted by molar-refractivity contribution is 6.45. The molecule has 1 N–H and O–H groups in total. The van der Waals surface area contributed by atoms with Gasteiger partial charge in [-0.15, -0.1) is 10.2 Å². The minimum atomic E-state index is -0.393. The van der Waals surface area contributed by atoms with E-state index in [1.807, 2.05) is 25.0 Å². The zero-order valence-corrected chi connectivity index (χ0v) is 12.1. The van der Waals surface area contributed by atoms with E-state index >= 15 is 0 Å². The molecule has 1 aromatic heterocycles. The molecule has 0 spiro atoms. The van der Waals surface area contributed by atoms with Crippen molar-refractivity contribution in [1.82, 2.24) is 15.0 Å². The highest BCUT2D eigenvalue weighted by Crippen LogP contribution is 2.31. The molecule has 0 saturated carbocycles. The van der Waals surface area contributed by atoms with E-state index in [0.717, 1.165) is 37.1 Å². The van der Waals surface area contributed by atoms with Crippen LogP contribution in [0.2, 0.25) is 6.82 Å². The molecule has 0 bridgehead atoms. The second-order valence-corrected chi connectivity index (χ2v) is 5.26. The highest BCUT2D eigenvalue weighted by Gasteiger charge is 2.24. The normalized spacial score (nSPS) is 16.0. The molecular weight excluding hydrogens is 265 g/mol. The molecule has 0 radical (unpaired) electrons. The zero-order chi connectivity index (χ0) is 14.7. The number of rotatable bonds is 3. The number of aromatic nitrogens is 2. The molecule has 2 aromatic rings. The smallest absolute Gasteiger partial charge is 0.376 e. The first-order chi connectivity index (χ1) is 10.3. The molecule has 5 nitrogen and oxygen atoms in total. The Labute approximate surface area is 124 Å². The van der Waals surface area contributed by atoms with Gasteiger partial charge in [-0.1, -0.05) is 35.9 Å². The molecule has 0 aliphatic carbocycles. The van der Waals surface area contributed by atoms with Crippen molar-refractivity contribution >= 4 is 12.6 Å². The van der Waals surface area contributed by atoms with Crippen LogP contribution in [0.15, 0.2) is 46.7 Å². The molecule has 6 heteroatoms. The van der Waals surface area contributed by atoms with Crippen molar-refractivity contribution in [2.75, 3.05) is 13.1 Å². The molecule has 3 rings (SSSR count). The van der Waals surface area contributed by atoms with Gasteiger partial charge in [-0.25, -0.2) is 0 Å². The van der Waals surface area contributed by atoms with Gasteiger partial charge in [-0.3, -0.25) is 0 Å². The standard InChI is InChI=1S/C15H18BN3O2/c1-16(20)19-9-7-13(8-10-19)14(15-18-17-11-21-15)12-5-3-2-4-6-12/h2-6,11,20H,7-10H2,1H3. The van der Waals surface area contributed by atoms with Crippen molar-refractivity contribution in [2.24, 2.45) is 0 Å². The Morgan fingerprint density at radius 1 is 1.24 bits per heavy atom. The summed E-state index contributed by atoms with van der Waals surface area (Å²) in [6, 6.07) is 10.1. The van der Waals surface area contributed by atoms with Crippen LogP contribution in [0, 0.1) is 0 Å². The molecule has 1 aromatic carbocycles. The fraction of sp³-hybridized carbons (Fsp3) is 0.333. The van der Waals surface area contributed by atoms with Crippen LogP contribution in [0.5, 0.6) is 0 Å². The summed E-state index contributed by atoms with van der Waals surface area (Å²) in [6.45, 7) is 3.50. The average Bonchev–Trinajstić information content (AvgIpc) is 3.03. The van der Waals surface area contributed by atoms with E-state index in [9.17, 15) is 5.02 Å². The van der Waals surface area contributed by atoms with Gasteiger partial charge >= 0.3 is 7.05 Å². The molecule has 1 fully saturated rings. The monoisotopic (exact) mass is 283 g/mol. The Balaban J connectivity index is 1.95. The van der Waals surface area contributed by atoms with Gasteiger partial charge in [0.25, 0.3) is 0 Å². The van der Waals surface area contributed by atoms with Crippen LogP contribution >= 0.6 is 0 Å². The van der Waals surface area contributed by atoms with E-state index in [2.05, 4.69) is 27.1 Å². The van der Waals surface area contributed by atoms with Crippen LogP contribution < -0.4 is 0 Å². The molecule has 21 heavy (non-hydrogen) atoms. The van der Waals surface area contributed by atoms with Gasteiger partial charge in [-0.05, 0) is 38.3 Å². The van der Waals surface area contributed by atoms with Crippen molar-refractivity contribution in [2.45, 2.75) is 19.7 Å². The summed E-state index contributed by atoms with van der Waals surface area (Å²) in [5.74, 6) is 0.571. The number of hydrogen-bond acceptors (Lipinski definition) is 5. The van der Waals surface area contributed by atoms with Crippen LogP contribution in [0.4, 0.5) is 0 Å². The highest BCUT2D eigenvalue weighted by atomic mass is 16.4. The maximum absolute atomic E-state index is 9.67. The predicted molar refractivity (Wildman–Crippen MR) is 81.4 cm³/mol. The van der Waals surface area contributed by atoms with Gasteiger partial charge < -0.3 is 14.3 Å². The molecule has 1 aliphatic rings. The van der Waals surface area contributed by atoms with Crippen molar-refractivity contribution in [3.8, 4) is 0 Å². The molecule has 0 unspecified atom stereocenters. The SMILES string of the molecule is CB(O)N1CCC(=C(c2ccccc2)c2nnco2)CC1. The van der Waals surface area contributed by atoms with Crippen LogP contribution in [0.3, 0.4) is 0 Å². The second-order valence-electron chi connectivity index (χ2n) is 5.26. The number of nitrogens with zero attached hydrogens (tertiary/aromatic N) is 3. The third kappa shape index (κ3) is 3.06. The number of piperidine rings is 1. The minimum absolute atomic E-state index is 0.393. The summed E-state index contributed by atoms with van der Waals surface area (Å²) in [5.41, 5.74) is 3.45. The summed E-state index contributed by atoms with van der Waals surface area (Å²) in [5, 5.41) is 17.6. The average molecular weight is 283 g/mol. The van der Waals surface area contributed by atoms with Crippen LogP contribution in [-0.2, 0) is 0 Å². The van der Waals surface area contributed by atoms with E-state index in [0.29, 0.717) is 5.89 Å². The first-order valence-corrected chi connectivity index (χ1v) is 7.22. The summed E-state index contributed by atoms with van der Waals surface area (Å²) < 4.78 is 5.43. The molecule has 1 aliphatic heterocycles. The third-order valence-electron chi connectivity index (χ3n) is 3.92. The van der Waals surface area contributed by atoms with Crippen LogP contribution in [0.1, 0.15) is 24.3 Å². The third-order valence-corrected chi connectivity index (χ3v) is 3.92. The fourth-order valence-corrected chi connectivity index (χ4v) is 2.78. The Morgan fingerprint density at radius 3 is 2.52 bits per heavy atom. The van der Waals surface area contributed by atoms with Crippen molar-refractivity contribution in [3.05, 3.63) is 53.8 Å². The maximum Gasteiger partial charge on any atom is 0.376 e. The predicted octanol–water partition coefficient (Wildman–Crippen LogP) is 2.08. The molecule has 108 valence electrons. The van der Waals surface area contributed by atoms with Crippen LogP contribution in [0.25, 0.3) is 5.57 Å².